The van der Waals surface area contributed by atoms with Crippen LogP contribution in [0.15, 0.2) is 60.7 Å². The highest BCUT2D eigenvalue weighted by Gasteiger charge is 2.38. The van der Waals surface area contributed by atoms with Crippen molar-refractivity contribution in [2.24, 2.45) is 0 Å². The minimum Gasteiger partial charge on any atom is -0.508 e. The molecule has 0 fully saturated rings. The number of phenols is 7. The summed E-state index contributed by atoms with van der Waals surface area (Å²) in [5.74, 6) is -1.55. The number of phenolic OH excluding ortho intramolecular Hbond substituents is 7. The van der Waals surface area contributed by atoms with Gasteiger partial charge in [-0.3, -0.25) is 0 Å². The van der Waals surface area contributed by atoms with Gasteiger partial charge in [-0.05, 0) is 60.7 Å². The first-order valence-electron chi connectivity index (χ1n) is 12.5. The first-order chi connectivity index (χ1) is 18.7. The van der Waals surface area contributed by atoms with Gasteiger partial charge in [0, 0.05) is 34.7 Å². The molecule has 39 heavy (non-hydrogen) atoms. The van der Waals surface area contributed by atoms with E-state index >= 15 is 0 Å². The highest BCUT2D eigenvalue weighted by atomic mass is 16.5. The number of rotatable bonds is 3. The maximum Gasteiger partial charge on any atom is 0.200 e. The zero-order valence-corrected chi connectivity index (χ0v) is 20.6. The number of fused-ring (bicyclic) bond motifs is 2. The Balaban J connectivity index is 1.47. The Kier molecular flexibility index (Phi) is 5.71. The summed E-state index contributed by atoms with van der Waals surface area (Å²) in [7, 11) is 0. The van der Waals surface area contributed by atoms with E-state index in [1.165, 1.54) is 30.3 Å². The van der Waals surface area contributed by atoms with E-state index in [0.29, 0.717) is 47.3 Å². The molecule has 6 rings (SSSR count). The lowest BCUT2D eigenvalue weighted by Crippen LogP contribution is -2.22. The van der Waals surface area contributed by atoms with Gasteiger partial charge in [-0.1, -0.05) is 18.2 Å². The van der Waals surface area contributed by atoms with Crippen LogP contribution in [0.4, 0.5) is 0 Å². The third-order valence-corrected chi connectivity index (χ3v) is 7.46. The summed E-state index contributed by atoms with van der Waals surface area (Å²) in [5.41, 5.74) is 2.85. The van der Waals surface area contributed by atoms with E-state index in [9.17, 15) is 35.7 Å². The Hall–Kier alpha value is -4.92. The average molecular weight is 531 g/mol. The largest absolute Gasteiger partial charge is 0.508 e. The molecule has 7 N–H and O–H groups in total. The number of hydrogen-bond acceptors (Lipinski definition) is 9. The van der Waals surface area contributed by atoms with Crippen molar-refractivity contribution in [2.75, 3.05) is 0 Å². The SMILES string of the molecule is Oc1ccc([C@@H]2C[C@@H](c3c(O)cc(O)c4c3O[C@@H](c3cc(O)c(O)c(O)c3)CC4)c3ccc(O)cc3O2)cc1. The molecule has 0 radical (unpaired) electrons. The first-order valence-corrected chi connectivity index (χ1v) is 12.5. The maximum absolute atomic E-state index is 11.2. The summed E-state index contributed by atoms with van der Waals surface area (Å²) in [4.78, 5) is 0. The first kappa shape index (κ1) is 24.4. The second-order valence-electron chi connectivity index (χ2n) is 9.90. The molecule has 4 aromatic rings. The van der Waals surface area contributed by atoms with Crippen molar-refractivity contribution in [1.29, 1.82) is 0 Å². The van der Waals surface area contributed by atoms with E-state index in [0.717, 1.165) is 5.56 Å². The van der Waals surface area contributed by atoms with E-state index in [1.807, 2.05) is 0 Å². The fourth-order valence-corrected chi connectivity index (χ4v) is 5.55. The summed E-state index contributed by atoms with van der Waals surface area (Å²) in [5, 5.41) is 71.6. The normalized spacial score (nSPS) is 19.8. The molecular weight excluding hydrogens is 504 g/mol. The molecule has 3 atom stereocenters. The highest BCUT2D eigenvalue weighted by Crippen LogP contribution is 2.55. The zero-order chi connectivity index (χ0) is 27.4. The van der Waals surface area contributed by atoms with Crippen LogP contribution in [0.1, 0.15) is 58.8 Å². The molecule has 0 bridgehead atoms. The standard InChI is InChI=1S/C30H26O9/c31-16-3-1-14(2-4-16)26-12-20(18-6-5-17(32)11-27(18)38-26)28-22(34)13-21(33)19-7-8-25(39-30(19)28)15-9-23(35)29(37)24(36)10-15/h1-6,9-11,13,20,25-26,31-37H,7-8,12H2/t20-,25-,26+/m1/s1. The highest BCUT2D eigenvalue weighted by molar-refractivity contribution is 5.63. The van der Waals surface area contributed by atoms with E-state index in [1.54, 1.807) is 30.3 Å². The van der Waals surface area contributed by atoms with Crippen LogP contribution in [0.2, 0.25) is 0 Å². The van der Waals surface area contributed by atoms with Gasteiger partial charge in [0.15, 0.2) is 17.2 Å². The van der Waals surface area contributed by atoms with Gasteiger partial charge in [0.25, 0.3) is 0 Å². The van der Waals surface area contributed by atoms with Crippen LogP contribution >= 0.6 is 0 Å². The number of hydrogen-bond donors (Lipinski definition) is 7. The van der Waals surface area contributed by atoms with Crippen LogP contribution in [-0.4, -0.2) is 35.7 Å². The van der Waals surface area contributed by atoms with Crippen LogP contribution in [-0.2, 0) is 6.42 Å². The Bertz CT molecular complexity index is 1560. The van der Waals surface area contributed by atoms with Crippen molar-refractivity contribution < 1.29 is 45.2 Å². The maximum atomic E-state index is 11.2. The summed E-state index contributed by atoms with van der Waals surface area (Å²) in [6.07, 6.45) is 0.0282. The molecule has 2 heterocycles. The van der Waals surface area contributed by atoms with Crippen molar-refractivity contribution in [3.05, 3.63) is 88.5 Å². The fraction of sp³-hybridized carbons (Fsp3) is 0.200. The summed E-state index contributed by atoms with van der Waals surface area (Å²) in [6.45, 7) is 0. The second kappa shape index (κ2) is 9.13. The predicted molar refractivity (Wildman–Crippen MR) is 139 cm³/mol. The van der Waals surface area contributed by atoms with Gasteiger partial charge in [0.1, 0.15) is 46.7 Å². The third-order valence-electron chi connectivity index (χ3n) is 7.46. The predicted octanol–water partition coefficient (Wildman–Crippen LogP) is 5.35. The van der Waals surface area contributed by atoms with Gasteiger partial charge in [0.05, 0.1) is 0 Å². The van der Waals surface area contributed by atoms with Crippen molar-refractivity contribution in [1.82, 2.24) is 0 Å². The van der Waals surface area contributed by atoms with Crippen molar-refractivity contribution in [3.8, 4) is 51.7 Å². The van der Waals surface area contributed by atoms with Crippen LogP contribution in [0.25, 0.3) is 0 Å². The fourth-order valence-electron chi connectivity index (χ4n) is 5.55. The minimum atomic E-state index is -0.651. The van der Waals surface area contributed by atoms with Crippen molar-refractivity contribution in [2.45, 2.75) is 37.4 Å². The van der Waals surface area contributed by atoms with Gasteiger partial charge in [-0.25, -0.2) is 0 Å². The van der Waals surface area contributed by atoms with Gasteiger partial charge >= 0.3 is 0 Å². The molecule has 0 unspecified atom stereocenters. The molecule has 0 amide bonds. The lowest BCUT2D eigenvalue weighted by molar-refractivity contribution is 0.155. The molecule has 2 aliphatic heterocycles. The van der Waals surface area contributed by atoms with Gasteiger partial charge < -0.3 is 45.2 Å². The molecular formula is C30H26O9. The molecule has 0 aromatic heterocycles. The molecule has 9 nitrogen and oxygen atoms in total. The molecule has 200 valence electrons. The van der Waals surface area contributed by atoms with Gasteiger partial charge in [-0.2, -0.15) is 0 Å². The lowest BCUT2D eigenvalue weighted by atomic mass is 9.80. The average Bonchev–Trinajstić information content (AvgIpc) is 2.91. The smallest absolute Gasteiger partial charge is 0.200 e. The lowest BCUT2D eigenvalue weighted by Gasteiger charge is -2.36. The van der Waals surface area contributed by atoms with Crippen LogP contribution in [0.5, 0.6) is 51.7 Å². The molecule has 4 aromatic carbocycles. The Morgan fingerprint density at radius 3 is 2.03 bits per heavy atom. The molecule has 0 aliphatic carbocycles. The second-order valence-corrected chi connectivity index (χ2v) is 9.90. The molecule has 0 spiro atoms. The van der Waals surface area contributed by atoms with E-state index in [2.05, 4.69) is 0 Å². The monoisotopic (exact) mass is 530 g/mol. The number of ether oxygens (including phenoxy) is 2. The number of benzene rings is 4. The minimum absolute atomic E-state index is 0.0130. The summed E-state index contributed by atoms with van der Waals surface area (Å²) >= 11 is 0. The van der Waals surface area contributed by atoms with Crippen LogP contribution in [0.3, 0.4) is 0 Å². The molecule has 9 heteroatoms. The molecule has 0 saturated carbocycles. The van der Waals surface area contributed by atoms with E-state index < -0.39 is 35.4 Å². The van der Waals surface area contributed by atoms with Crippen LogP contribution in [0, 0.1) is 0 Å². The van der Waals surface area contributed by atoms with Crippen molar-refractivity contribution in [3.63, 3.8) is 0 Å². The topological polar surface area (TPSA) is 160 Å². The number of aromatic hydroxyl groups is 7. The van der Waals surface area contributed by atoms with E-state index in [4.69, 9.17) is 9.47 Å². The van der Waals surface area contributed by atoms with Gasteiger partial charge in [0.2, 0.25) is 0 Å². The van der Waals surface area contributed by atoms with Crippen molar-refractivity contribution >= 4 is 0 Å². The molecule has 2 aliphatic rings. The van der Waals surface area contributed by atoms with Crippen LogP contribution < -0.4 is 9.47 Å². The summed E-state index contributed by atoms with van der Waals surface area (Å²) in [6, 6.07) is 15.3. The Morgan fingerprint density at radius 1 is 0.615 bits per heavy atom. The van der Waals surface area contributed by atoms with E-state index in [-0.39, 0.29) is 28.7 Å². The third kappa shape index (κ3) is 4.21. The zero-order valence-electron chi connectivity index (χ0n) is 20.6. The quantitative estimate of drug-likeness (QED) is 0.173. The Morgan fingerprint density at radius 2 is 1.31 bits per heavy atom. The summed E-state index contributed by atoms with van der Waals surface area (Å²) < 4.78 is 12.6. The Labute approximate surface area is 223 Å². The van der Waals surface area contributed by atoms with Gasteiger partial charge in [-0.15, -0.1) is 0 Å². The molecule has 0 saturated heterocycles.